The Labute approximate surface area is 280 Å². The van der Waals surface area contributed by atoms with Crippen LogP contribution in [0, 0.1) is 22.7 Å². The van der Waals surface area contributed by atoms with Gasteiger partial charge < -0.3 is 4.57 Å². The smallest absolute Gasteiger partial charge is 0.180 e. The molecule has 0 saturated carbocycles. The molecule has 4 heteroatoms. The number of rotatable bonds is 6. The summed E-state index contributed by atoms with van der Waals surface area (Å²) in [6.45, 7) is 0. The van der Waals surface area contributed by atoms with Crippen LogP contribution in [0.2, 0.25) is 0 Å². The summed E-state index contributed by atoms with van der Waals surface area (Å²) in [6.07, 6.45) is 0. The zero-order valence-corrected chi connectivity index (χ0v) is 27.1. The molecule has 0 radical (unpaired) electrons. The Balaban J connectivity index is 1.38. The van der Waals surface area contributed by atoms with E-state index in [1.165, 1.54) is 26.3 Å². The number of fused-ring (bicyclic) bond motifs is 3. The maximum Gasteiger partial charge on any atom is 0.180 e. The average Bonchev–Trinajstić information content (AvgIpc) is 3.51. The van der Waals surface area contributed by atoms with Crippen molar-refractivity contribution in [3.8, 4) is 29.0 Å². The molecule has 0 N–H and O–H groups in total. The first-order valence-electron chi connectivity index (χ1n) is 16.0. The van der Waals surface area contributed by atoms with Gasteiger partial charge in [-0.05, 0) is 62.2 Å². The molecule has 1 heterocycles. The zero-order valence-electron chi connectivity index (χ0n) is 26.1. The minimum Gasteiger partial charge on any atom is -0.309 e. The van der Waals surface area contributed by atoms with Gasteiger partial charge in [0.05, 0.1) is 34.3 Å². The molecule has 0 saturated heterocycles. The predicted octanol–water partition coefficient (Wildman–Crippen LogP) is 7.57. The minimum atomic E-state index is -3.02. The molecule has 0 fully saturated rings. The van der Waals surface area contributed by atoms with Crippen LogP contribution in [-0.2, 0) is 0 Å². The van der Waals surface area contributed by atoms with Crippen LogP contribution in [0.1, 0.15) is 11.1 Å². The first kappa shape index (κ1) is 29.0. The van der Waals surface area contributed by atoms with E-state index in [9.17, 15) is 10.5 Å². The van der Waals surface area contributed by atoms with Gasteiger partial charge in [-0.2, -0.15) is 10.5 Å². The largest absolute Gasteiger partial charge is 0.309 e. The second-order valence-electron chi connectivity index (χ2n) is 11.9. The lowest BCUT2D eigenvalue weighted by Gasteiger charge is -2.35. The van der Waals surface area contributed by atoms with Crippen LogP contribution >= 0.6 is 0 Å². The zero-order chi connectivity index (χ0) is 32.5. The number of hydrogen-bond acceptors (Lipinski definition) is 2. The van der Waals surface area contributed by atoms with Crippen molar-refractivity contribution < 1.29 is 0 Å². The Bertz CT molecular complexity index is 2350. The van der Waals surface area contributed by atoms with E-state index in [4.69, 9.17) is 0 Å². The van der Waals surface area contributed by atoms with Crippen molar-refractivity contribution in [2.24, 2.45) is 0 Å². The maximum absolute atomic E-state index is 10.7. The van der Waals surface area contributed by atoms with E-state index in [-0.39, 0.29) is 0 Å². The molecule has 1 aromatic heterocycles. The summed E-state index contributed by atoms with van der Waals surface area (Å²) in [5.41, 5.74) is 6.10. The van der Waals surface area contributed by atoms with Crippen molar-refractivity contribution in [2.75, 3.05) is 0 Å². The van der Waals surface area contributed by atoms with Gasteiger partial charge in [0.25, 0.3) is 0 Å². The molecule has 8 rings (SSSR count). The summed E-state index contributed by atoms with van der Waals surface area (Å²) >= 11 is 0. The average molecular weight is 628 g/mol. The summed E-state index contributed by atoms with van der Waals surface area (Å²) in [7, 11) is -3.02. The van der Waals surface area contributed by atoms with Gasteiger partial charge in [0.15, 0.2) is 8.07 Å². The second kappa shape index (κ2) is 12.0. The molecule has 0 atom stereocenters. The Morgan fingerprint density at radius 2 is 0.875 bits per heavy atom. The van der Waals surface area contributed by atoms with E-state index in [1.54, 1.807) is 6.07 Å². The molecule has 0 aliphatic rings. The van der Waals surface area contributed by atoms with E-state index in [2.05, 4.69) is 168 Å². The number of nitriles is 2. The van der Waals surface area contributed by atoms with Gasteiger partial charge in [-0.3, -0.25) is 0 Å². The molecule has 0 aliphatic carbocycles. The third-order valence-corrected chi connectivity index (χ3v) is 14.3. The lowest BCUT2D eigenvalue weighted by molar-refractivity contribution is 1.18. The Morgan fingerprint density at radius 3 is 1.33 bits per heavy atom. The molecule has 48 heavy (non-hydrogen) atoms. The number of benzene rings is 7. The number of para-hydroxylation sites is 2. The molecular weight excluding hydrogens is 599 g/mol. The van der Waals surface area contributed by atoms with Crippen molar-refractivity contribution in [3.05, 3.63) is 187 Å². The molecule has 0 unspecified atom stereocenters. The fourth-order valence-electron chi connectivity index (χ4n) is 7.36. The first-order valence-corrected chi connectivity index (χ1v) is 18.0. The highest BCUT2D eigenvalue weighted by Crippen LogP contribution is 2.33. The van der Waals surface area contributed by atoms with Crippen molar-refractivity contribution >= 4 is 50.6 Å². The molecule has 3 nitrogen and oxygen atoms in total. The van der Waals surface area contributed by atoms with Crippen LogP contribution in [0.4, 0.5) is 0 Å². The van der Waals surface area contributed by atoms with Gasteiger partial charge in [0.1, 0.15) is 0 Å². The summed E-state index contributed by atoms with van der Waals surface area (Å²) in [4.78, 5) is 0. The predicted molar refractivity (Wildman–Crippen MR) is 199 cm³/mol. The van der Waals surface area contributed by atoms with Crippen molar-refractivity contribution in [3.63, 3.8) is 0 Å². The fourth-order valence-corrected chi connectivity index (χ4v) is 12.3. The molecular formula is C44H29N3Si. The molecule has 224 valence electrons. The van der Waals surface area contributed by atoms with E-state index in [0.717, 1.165) is 33.0 Å². The monoisotopic (exact) mass is 627 g/mol. The van der Waals surface area contributed by atoms with Gasteiger partial charge in [0.2, 0.25) is 0 Å². The maximum atomic E-state index is 10.7. The van der Waals surface area contributed by atoms with Crippen LogP contribution in [0.3, 0.4) is 0 Å². The third kappa shape index (κ3) is 4.55. The first-order chi connectivity index (χ1) is 23.7. The van der Waals surface area contributed by atoms with Crippen LogP contribution < -0.4 is 20.7 Å². The molecule has 7 aromatic carbocycles. The van der Waals surface area contributed by atoms with Gasteiger partial charge in [-0.1, -0.05) is 146 Å². The Kier molecular flexibility index (Phi) is 7.27. The standard InChI is InChI=1S/C44H29N3Si/c45-30-33-28-34(31-46)44(48(36-14-4-1-5-15-36,37-16-6-2-7-17-37)38-18-8-3-9-19-38)29-41(33)32-24-26-35(27-25-32)47-42-22-12-10-20-39(42)40-21-11-13-23-43(40)47/h1-29H. The number of aromatic nitrogens is 1. The normalized spacial score (nSPS) is 11.3. The Hall–Kier alpha value is -6.46. The molecule has 0 aliphatic heterocycles. The summed E-state index contributed by atoms with van der Waals surface area (Å²) < 4.78 is 2.29. The van der Waals surface area contributed by atoms with Crippen LogP contribution in [0.15, 0.2) is 176 Å². The van der Waals surface area contributed by atoms with Gasteiger partial charge in [0, 0.05) is 16.5 Å². The molecule has 0 amide bonds. The van der Waals surface area contributed by atoms with Gasteiger partial charge in [-0.25, -0.2) is 0 Å². The minimum absolute atomic E-state index is 0.483. The van der Waals surface area contributed by atoms with E-state index in [1.807, 2.05) is 18.2 Å². The van der Waals surface area contributed by atoms with Crippen LogP contribution in [0.25, 0.3) is 38.6 Å². The molecule has 8 aromatic rings. The SMILES string of the molecule is N#Cc1cc(C#N)c([Si](c2ccccc2)(c2ccccc2)c2ccccc2)cc1-c1ccc(-n2c3ccccc3c3ccccc32)cc1. The lowest BCUT2D eigenvalue weighted by atomic mass is 9.98. The van der Waals surface area contributed by atoms with Crippen molar-refractivity contribution in [2.45, 2.75) is 0 Å². The van der Waals surface area contributed by atoms with Gasteiger partial charge in [-0.15, -0.1) is 0 Å². The van der Waals surface area contributed by atoms with E-state index < -0.39 is 8.07 Å². The lowest BCUT2D eigenvalue weighted by Crippen LogP contribution is -2.75. The Morgan fingerprint density at radius 1 is 0.438 bits per heavy atom. The van der Waals surface area contributed by atoms with Crippen LogP contribution in [-0.4, -0.2) is 12.6 Å². The van der Waals surface area contributed by atoms with Crippen LogP contribution in [0.5, 0.6) is 0 Å². The summed E-state index contributed by atoms with van der Waals surface area (Å²) in [5.74, 6) is 0. The number of hydrogen-bond donors (Lipinski definition) is 0. The van der Waals surface area contributed by atoms with Crippen molar-refractivity contribution in [1.29, 1.82) is 10.5 Å². The molecule has 0 spiro atoms. The number of nitrogens with zero attached hydrogens (tertiary/aromatic N) is 3. The van der Waals surface area contributed by atoms with Crippen molar-refractivity contribution in [1.82, 2.24) is 4.57 Å². The summed E-state index contributed by atoms with van der Waals surface area (Å²) in [5, 5.41) is 28.0. The quantitative estimate of drug-likeness (QED) is 0.141. The van der Waals surface area contributed by atoms with E-state index >= 15 is 0 Å². The highest BCUT2D eigenvalue weighted by Gasteiger charge is 2.43. The van der Waals surface area contributed by atoms with E-state index in [0.29, 0.717) is 11.1 Å². The third-order valence-electron chi connectivity index (χ3n) is 9.44. The van der Waals surface area contributed by atoms with Gasteiger partial charge >= 0.3 is 0 Å². The molecule has 0 bridgehead atoms. The highest BCUT2D eigenvalue weighted by atomic mass is 28.3. The fraction of sp³-hybridized carbons (Fsp3) is 0. The topological polar surface area (TPSA) is 52.5 Å². The summed E-state index contributed by atoms with van der Waals surface area (Å²) in [6, 6.07) is 65.9. The highest BCUT2D eigenvalue weighted by molar-refractivity contribution is 7.20. The second-order valence-corrected chi connectivity index (χ2v) is 15.7.